The maximum absolute atomic E-state index is 12.3. The van der Waals surface area contributed by atoms with Crippen molar-refractivity contribution in [1.82, 2.24) is 10.6 Å². The highest BCUT2D eigenvalue weighted by molar-refractivity contribution is 7.10. The van der Waals surface area contributed by atoms with Crippen LogP contribution in [0.15, 0.2) is 78.2 Å². The molecular formula is C21H22N2OS. The molecule has 0 saturated carbocycles. The minimum atomic E-state index is -0.00908. The Labute approximate surface area is 152 Å². The summed E-state index contributed by atoms with van der Waals surface area (Å²) in [5.41, 5.74) is 2.29. The van der Waals surface area contributed by atoms with Crippen molar-refractivity contribution >= 4 is 17.2 Å². The Hall–Kier alpha value is -2.43. The van der Waals surface area contributed by atoms with Crippen LogP contribution in [0.2, 0.25) is 0 Å². The number of hydrogen-bond acceptors (Lipinski definition) is 3. The summed E-state index contributed by atoms with van der Waals surface area (Å²) >= 11 is 1.66. The molecule has 0 spiro atoms. The van der Waals surface area contributed by atoms with Gasteiger partial charge in [-0.3, -0.25) is 10.1 Å². The van der Waals surface area contributed by atoms with Gasteiger partial charge in [-0.15, -0.1) is 11.3 Å². The molecule has 1 atom stereocenters. The van der Waals surface area contributed by atoms with Gasteiger partial charge in [0.2, 0.25) is 5.91 Å². The van der Waals surface area contributed by atoms with Gasteiger partial charge in [0.15, 0.2) is 0 Å². The Bertz CT molecular complexity index is 733. The zero-order valence-electron chi connectivity index (χ0n) is 14.2. The first-order valence-corrected chi connectivity index (χ1v) is 9.28. The average Bonchev–Trinajstić information content (AvgIpc) is 3.18. The molecule has 0 fully saturated rings. The fraction of sp³-hybridized carbons (Fsp3) is 0.190. The third kappa shape index (κ3) is 4.78. The number of amides is 1. The summed E-state index contributed by atoms with van der Waals surface area (Å²) in [6.45, 7) is 2.28. The molecule has 25 heavy (non-hydrogen) atoms. The summed E-state index contributed by atoms with van der Waals surface area (Å²) in [7, 11) is 0. The van der Waals surface area contributed by atoms with E-state index in [1.54, 1.807) is 11.3 Å². The number of nitrogens with one attached hydrogen (secondary N) is 2. The van der Waals surface area contributed by atoms with Crippen LogP contribution in [0.5, 0.6) is 0 Å². The first-order chi connectivity index (χ1) is 12.2. The fourth-order valence-corrected chi connectivity index (χ4v) is 3.55. The molecule has 128 valence electrons. The van der Waals surface area contributed by atoms with E-state index in [9.17, 15) is 4.79 Å². The standard InChI is InChI=1S/C21H22N2OS/c1-16(19-13-8-14-25-19)23-20(24)15-22-21(17-9-4-2-5-10-17)18-11-6-3-7-12-18/h2-14,16,21-22H,15H2,1H3,(H,23,24)/t16-/m0/s1. The van der Waals surface area contributed by atoms with Crippen molar-refractivity contribution in [3.05, 3.63) is 94.2 Å². The zero-order valence-corrected chi connectivity index (χ0v) is 15.0. The maximum atomic E-state index is 12.3. The second-order valence-corrected chi connectivity index (χ2v) is 6.92. The van der Waals surface area contributed by atoms with Gasteiger partial charge in [-0.25, -0.2) is 0 Å². The first kappa shape index (κ1) is 17.4. The number of thiophene rings is 1. The van der Waals surface area contributed by atoms with Gasteiger partial charge in [-0.1, -0.05) is 66.7 Å². The number of rotatable bonds is 7. The Balaban J connectivity index is 1.66. The summed E-state index contributed by atoms with van der Waals surface area (Å²) in [5.74, 6) is -0.00207. The summed E-state index contributed by atoms with van der Waals surface area (Å²) in [6, 6.07) is 24.5. The molecule has 2 aromatic carbocycles. The van der Waals surface area contributed by atoms with Gasteiger partial charge in [0.05, 0.1) is 18.6 Å². The van der Waals surface area contributed by atoms with Crippen molar-refractivity contribution in [2.45, 2.75) is 19.0 Å². The van der Waals surface area contributed by atoms with E-state index in [0.717, 1.165) is 16.0 Å². The molecule has 0 unspecified atom stereocenters. The Morgan fingerprint density at radius 3 is 2.04 bits per heavy atom. The predicted octanol–water partition coefficient (Wildman–Crippen LogP) is 4.30. The number of carbonyl (C=O) groups is 1. The van der Waals surface area contributed by atoms with Crippen LogP contribution in [0.4, 0.5) is 0 Å². The zero-order chi connectivity index (χ0) is 17.5. The quantitative estimate of drug-likeness (QED) is 0.667. The highest BCUT2D eigenvalue weighted by Gasteiger charge is 2.16. The minimum absolute atomic E-state index is 0.00207. The van der Waals surface area contributed by atoms with Gasteiger partial charge in [0.25, 0.3) is 0 Å². The molecule has 4 heteroatoms. The lowest BCUT2D eigenvalue weighted by Gasteiger charge is -2.20. The summed E-state index contributed by atoms with van der Waals surface area (Å²) in [4.78, 5) is 13.5. The molecule has 0 saturated heterocycles. The van der Waals surface area contributed by atoms with Gasteiger partial charge in [-0.05, 0) is 29.5 Å². The molecule has 1 amide bonds. The fourth-order valence-electron chi connectivity index (χ4n) is 2.82. The molecule has 3 nitrogen and oxygen atoms in total. The SMILES string of the molecule is C[C@H](NC(=O)CNC(c1ccccc1)c1ccccc1)c1cccs1. The lowest BCUT2D eigenvalue weighted by molar-refractivity contribution is -0.120. The van der Waals surface area contributed by atoms with Crippen LogP contribution in [0.1, 0.15) is 35.0 Å². The largest absolute Gasteiger partial charge is 0.348 e. The van der Waals surface area contributed by atoms with E-state index >= 15 is 0 Å². The lowest BCUT2D eigenvalue weighted by atomic mass is 9.99. The minimum Gasteiger partial charge on any atom is -0.348 e. The van der Waals surface area contributed by atoms with Crippen molar-refractivity contribution in [2.24, 2.45) is 0 Å². The van der Waals surface area contributed by atoms with Crippen LogP contribution in [0.3, 0.4) is 0 Å². The van der Waals surface area contributed by atoms with E-state index in [0.29, 0.717) is 0 Å². The third-order valence-electron chi connectivity index (χ3n) is 4.08. The summed E-state index contributed by atoms with van der Waals surface area (Å²) < 4.78 is 0. The second kappa shape index (κ2) is 8.60. The molecule has 0 aliphatic rings. The highest BCUT2D eigenvalue weighted by atomic mass is 32.1. The van der Waals surface area contributed by atoms with Crippen molar-refractivity contribution in [2.75, 3.05) is 6.54 Å². The van der Waals surface area contributed by atoms with Crippen LogP contribution in [0.25, 0.3) is 0 Å². The van der Waals surface area contributed by atoms with Crippen LogP contribution < -0.4 is 10.6 Å². The smallest absolute Gasteiger partial charge is 0.234 e. The van der Waals surface area contributed by atoms with Gasteiger partial charge in [0.1, 0.15) is 0 Å². The van der Waals surface area contributed by atoms with E-state index in [-0.39, 0.29) is 24.5 Å². The lowest BCUT2D eigenvalue weighted by Crippen LogP contribution is -2.37. The molecule has 3 rings (SSSR count). The van der Waals surface area contributed by atoms with Crippen molar-refractivity contribution in [1.29, 1.82) is 0 Å². The van der Waals surface area contributed by atoms with Crippen molar-refractivity contribution in [3.8, 4) is 0 Å². The third-order valence-corrected chi connectivity index (χ3v) is 5.14. The monoisotopic (exact) mass is 350 g/mol. The van der Waals surface area contributed by atoms with Crippen LogP contribution in [-0.2, 0) is 4.79 Å². The molecule has 3 aromatic rings. The second-order valence-electron chi connectivity index (χ2n) is 5.94. The van der Waals surface area contributed by atoms with E-state index in [1.807, 2.05) is 60.8 Å². The van der Waals surface area contributed by atoms with Gasteiger partial charge in [0, 0.05) is 4.88 Å². The Morgan fingerprint density at radius 2 is 1.52 bits per heavy atom. The number of carbonyl (C=O) groups excluding carboxylic acids is 1. The molecule has 0 radical (unpaired) electrons. The Kier molecular flexibility index (Phi) is 5.99. The highest BCUT2D eigenvalue weighted by Crippen LogP contribution is 2.21. The van der Waals surface area contributed by atoms with E-state index in [1.165, 1.54) is 0 Å². The number of hydrogen-bond donors (Lipinski definition) is 2. The van der Waals surface area contributed by atoms with Gasteiger partial charge < -0.3 is 5.32 Å². The molecule has 2 N–H and O–H groups in total. The average molecular weight is 350 g/mol. The summed E-state index contributed by atoms with van der Waals surface area (Å²) in [5, 5.41) is 8.47. The summed E-state index contributed by atoms with van der Waals surface area (Å²) in [6.07, 6.45) is 0. The molecule has 1 aromatic heterocycles. The molecule has 0 aliphatic heterocycles. The van der Waals surface area contributed by atoms with Crippen LogP contribution in [0, 0.1) is 0 Å². The predicted molar refractivity (Wildman–Crippen MR) is 104 cm³/mol. The number of benzene rings is 2. The van der Waals surface area contributed by atoms with Crippen molar-refractivity contribution in [3.63, 3.8) is 0 Å². The maximum Gasteiger partial charge on any atom is 0.234 e. The topological polar surface area (TPSA) is 41.1 Å². The van der Waals surface area contributed by atoms with Gasteiger partial charge in [-0.2, -0.15) is 0 Å². The Morgan fingerprint density at radius 1 is 0.920 bits per heavy atom. The van der Waals surface area contributed by atoms with Crippen LogP contribution >= 0.6 is 11.3 Å². The van der Waals surface area contributed by atoms with Crippen molar-refractivity contribution < 1.29 is 4.79 Å². The van der Waals surface area contributed by atoms with Gasteiger partial charge >= 0.3 is 0 Å². The van der Waals surface area contributed by atoms with E-state index in [2.05, 4.69) is 34.9 Å². The van der Waals surface area contributed by atoms with E-state index in [4.69, 9.17) is 0 Å². The molecule has 1 heterocycles. The first-order valence-electron chi connectivity index (χ1n) is 8.40. The molecule has 0 aliphatic carbocycles. The molecule has 0 bridgehead atoms. The normalized spacial score (nSPS) is 12.1. The molecular weight excluding hydrogens is 328 g/mol. The van der Waals surface area contributed by atoms with E-state index < -0.39 is 0 Å². The van der Waals surface area contributed by atoms with Crippen LogP contribution in [-0.4, -0.2) is 12.5 Å².